The SMILES string of the molecule is CCOC(=O)C(C)Nc1cc(Cl)ccc1C. The van der Waals surface area contributed by atoms with Gasteiger partial charge in [0.25, 0.3) is 0 Å². The van der Waals surface area contributed by atoms with E-state index in [-0.39, 0.29) is 12.0 Å². The van der Waals surface area contributed by atoms with Gasteiger partial charge in [-0.3, -0.25) is 0 Å². The summed E-state index contributed by atoms with van der Waals surface area (Å²) in [6.45, 7) is 5.89. The average molecular weight is 242 g/mol. The first kappa shape index (κ1) is 12.8. The zero-order valence-corrected chi connectivity index (χ0v) is 10.5. The van der Waals surface area contributed by atoms with Crippen molar-refractivity contribution in [3.63, 3.8) is 0 Å². The van der Waals surface area contributed by atoms with E-state index in [0.717, 1.165) is 11.3 Å². The van der Waals surface area contributed by atoms with Crippen molar-refractivity contribution in [3.8, 4) is 0 Å². The number of esters is 1. The largest absolute Gasteiger partial charge is 0.464 e. The molecule has 88 valence electrons. The van der Waals surface area contributed by atoms with E-state index in [9.17, 15) is 4.79 Å². The van der Waals surface area contributed by atoms with Crippen LogP contribution < -0.4 is 5.32 Å². The van der Waals surface area contributed by atoms with Gasteiger partial charge in [-0.15, -0.1) is 0 Å². The zero-order chi connectivity index (χ0) is 12.1. The van der Waals surface area contributed by atoms with Gasteiger partial charge >= 0.3 is 5.97 Å². The van der Waals surface area contributed by atoms with Gasteiger partial charge in [0, 0.05) is 10.7 Å². The maximum absolute atomic E-state index is 11.4. The minimum atomic E-state index is -0.378. The molecule has 4 heteroatoms. The van der Waals surface area contributed by atoms with Crippen LogP contribution in [0, 0.1) is 6.92 Å². The number of carbonyl (C=O) groups excluding carboxylic acids is 1. The molecule has 1 rings (SSSR count). The Morgan fingerprint density at radius 3 is 2.88 bits per heavy atom. The number of anilines is 1. The molecule has 1 atom stereocenters. The first-order chi connectivity index (χ1) is 7.54. The second-order valence-corrected chi connectivity index (χ2v) is 4.01. The molecular formula is C12H16ClNO2. The molecule has 0 aromatic heterocycles. The van der Waals surface area contributed by atoms with Gasteiger partial charge in [0.05, 0.1) is 6.61 Å². The summed E-state index contributed by atoms with van der Waals surface area (Å²) >= 11 is 5.88. The van der Waals surface area contributed by atoms with Crippen molar-refractivity contribution in [2.24, 2.45) is 0 Å². The van der Waals surface area contributed by atoms with Crippen LogP contribution in [0.15, 0.2) is 18.2 Å². The molecular weight excluding hydrogens is 226 g/mol. The molecule has 0 radical (unpaired) electrons. The highest BCUT2D eigenvalue weighted by atomic mass is 35.5. The predicted octanol–water partition coefficient (Wildman–Crippen LogP) is 3.01. The number of nitrogens with one attached hydrogen (secondary N) is 1. The Bertz CT molecular complexity index is 379. The summed E-state index contributed by atoms with van der Waals surface area (Å²) in [5.74, 6) is -0.262. The van der Waals surface area contributed by atoms with Crippen molar-refractivity contribution in [2.45, 2.75) is 26.8 Å². The highest BCUT2D eigenvalue weighted by Gasteiger charge is 2.14. The maximum atomic E-state index is 11.4. The number of carbonyl (C=O) groups is 1. The summed E-state index contributed by atoms with van der Waals surface area (Å²) < 4.78 is 4.91. The van der Waals surface area contributed by atoms with Crippen LogP contribution in [-0.4, -0.2) is 18.6 Å². The summed E-state index contributed by atoms with van der Waals surface area (Å²) in [5.41, 5.74) is 1.90. The number of rotatable bonds is 4. The molecule has 0 bridgehead atoms. The second-order valence-electron chi connectivity index (χ2n) is 3.58. The fourth-order valence-electron chi connectivity index (χ4n) is 1.31. The van der Waals surface area contributed by atoms with Crippen molar-refractivity contribution >= 4 is 23.3 Å². The summed E-state index contributed by atoms with van der Waals surface area (Å²) in [6.07, 6.45) is 0. The number of aryl methyl sites for hydroxylation is 1. The minimum absolute atomic E-state index is 0.262. The highest BCUT2D eigenvalue weighted by Crippen LogP contribution is 2.20. The topological polar surface area (TPSA) is 38.3 Å². The highest BCUT2D eigenvalue weighted by molar-refractivity contribution is 6.30. The monoisotopic (exact) mass is 241 g/mol. The molecule has 1 aromatic carbocycles. The summed E-state index contributed by atoms with van der Waals surface area (Å²) in [4.78, 5) is 11.4. The molecule has 0 fully saturated rings. The third-order valence-electron chi connectivity index (χ3n) is 2.21. The van der Waals surface area contributed by atoms with Crippen molar-refractivity contribution in [1.82, 2.24) is 0 Å². The van der Waals surface area contributed by atoms with Gasteiger partial charge < -0.3 is 10.1 Å². The van der Waals surface area contributed by atoms with E-state index in [1.807, 2.05) is 19.1 Å². The fourth-order valence-corrected chi connectivity index (χ4v) is 1.48. The average Bonchev–Trinajstić information content (AvgIpc) is 2.23. The Labute approximate surface area is 101 Å². The van der Waals surface area contributed by atoms with Crippen LogP contribution in [0.3, 0.4) is 0 Å². The summed E-state index contributed by atoms with van der Waals surface area (Å²) in [5, 5.41) is 3.72. The van der Waals surface area contributed by atoms with E-state index in [4.69, 9.17) is 16.3 Å². The van der Waals surface area contributed by atoms with Gasteiger partial charge in [0.1, 0.15) is 6.04 Å². The van der Waals surface area contributed by atoms with Crippen LogP contribution in [0.25, 0.3) is 0 Å². The van der Waals surface area contributed by atoms with Crippen molar-refractivity contribution in [1.29, 1.82) is 0 Å². The quantitative estimate of drug-likeness (QED) is 0.824. The van der Waals surface area contributed by atoms with Crippen LogP contribution in [0.2, 0.25) is 5.02 Å². The summed E-state index contributed by atoms with van der Waals surface area (Å²) in [7, 11) is 0. The van der Waals surface area contributed by atoms with E-state index in [1.54, 1.807) is 19.9 Å². The zero-order valence-electron chi connectivity index (χ0n) is 9.71. The smallest absolute Gasteiger partial charge is 0.328 e. The molecule has 0 aliphatic rings. The van der Waals surface area contributed by atoms with Gasteiger partial charge in [-0.25, -0.2) is 4.79 Å². The lowest BCUT2D eigenvalue weighted by Crippen LogP contribution is -2.28. The first-order valence-corrected chi connectivity index (χ1v) is 5.61. The van der Waals surface area contributed by atoms with Crippen molar-refractivity contribution < 1.29 is 9.53 Å². The van der Waals surface area contributed by atoms with Crippen LogP contribution in [0.5, 0.6) is 0 Å². The van der Waals surface area contributed by atoms with Crippen molar-refractivity contribution in [2.75, 3.05) is 11.9 Å². The Morgan fingerprint density at radius 1 is 1.56 bits per heavy atom. The Hall–Kier alpha value is -1.22. The number of halogens is 1. The van der Waals surface area contributed by atoms with E-state index in [2.05, 4.69) is 5.32 Å². The molecule has 1 N–H and O–H groups in total. The van der Waals surface area contributed by atoms with Crippen LogP contribution in [-0.2, 0) is 9.53 Å². The Balaban J connectivity index is 2.72. The standard InChI is InChI=1S/C12H16ClNO2/c1-4-16-12(15)9(3)14-11-7-10(13)6-5-8(11)2/h5-7,9,14H,4H2,1-3H3. The normalized spacial score (nSPS) is 12.0. The second kappa shape index (κ2) is 5.75. The first-order valence-electron chi connectivity index (χ1n) is 5.24. The van der Waals surface area contributed by atoms with Gasteiger partial charge in [-0.1, -0.05) is 17.7 Å². The van der Waals surface area contributed by atoms with Crippen LogP contribution >= 0.6 is 11.6 Å². The fraction of sp³-hybridized carbons (Fsp3) is 0.417. The predicted molar refractivity (Wildman–Crippen MR) is 65.9 cm³/mol. The molecule has 0 amide bonds. The Kier molecular flexibility index (Phi) is 4.62. The van der Waals surface area contributed by atoms with Gasteiger partial charge in [-0.2, -0.15) is 0 Å². The number of ether oxygens (including phenoxy) is 1. The van der Waals surface area contributed by atoms with Crippen molar-refractivity contribution in [3.05, 3.63) is 28.8 Å². The number of hydrogen-bond donors (Lipinski definition) is 1. The van der Waals surface area contributed by atoms with Gasteiger partial charge in [-0.05, 0) is 38.5 Å². The Morgan fingerprint density at radius 2 is 2.25 bits per heavy atom. The molecule has 0 aliphatic heterocycles. The third kappa shape index (κ3) is 3.42. The lowest BCUT2D eigenvalue weighted by molar-refractivity contribution is -0.143. The lowest BCUT2D eigenvalue weighted by Gasteiger charge is -2.15. The molecule has 0 aliphatic carbocycles. The van der Waals surface area contributed by atoms with Crippen LogP contribution in [0.4, 0.5) is 5.69 Å². The molecule has 1 unspecified atom stereocenters. The third-order valence-corrected chi connectivity index (χ3v) is 2.45. The molecule has 0 spiro atoms. The molecule has 0 saturated heterocycles. The molecule has 16 heavy (non-hydrogen) atoms. The molecule has 1 aromatic rings. The van der Waals surface area contributed by atoms with Gasteiger partial charge in [0.15, 0.2) is 0 Å². The molecule has 3 nitrogen and oxygen atoms in total. The van der Waals surface area contributed by atoms with E-state index in [0.29, 0.717) is 11.6 Å². The summed E-state index contributed by atoms with van der Waals surface area (Å²) in [6, 6.07) is 5.14. The minimum Gasteiger partial charge on any atom is -0.464 e. The maximum Gasteiger partial charge on any atom is 0.328 e. The van der Waals surface area contributed by atoms with E-state index >= 15 is 0 Å². The number of benzene rings is 1. The van der Waals surface area contributed by atoms with Gasteiger partial charge in [0.2, 0.25) is 0 Å². The van der Waals surface area contributed by atoms with Crippen LogP contribution in [0.1, 0.15) is 19.4 Å². The van der Waals surface area contributed by atoms with E-state index < -0.39 is 0 Å². The number of hydrogen-bond acceptors (Lipinski definition) is 3. The van der Waals surface area contributed by atoms with E-state index in [1.165, 1.54) is 0 Å². The lowest BCUT2D eigenvalue weighted by atomic mass is 10.2. The molecule has 0 heterocycles. The molecule has 0 saturated carbocycles.